The van der Waals surface area contributed by atoms with E-state index in [4.69, 9.17) is 4.99 Å². The van der Waals surface area contributed by atoms with Crippen molar-refractivity contribution in [2.45, 2.75) is 39.2 Å². The highest BCUT2D eigenvalue weighted by atomic mass is 127. The van der Waals surface area contributed by atoms with E-state index in [2.05, 4.69) is 22.5 Å². The van der Waals surface area contributed by atoms with Gasteiger partial charge >= 0.3 is 0 Å². The molecule has 8 heteroatoms. The molecule has 2 N–H and O–H groups in total. The molecule has 29 heavy (non-hydrogen) atoms. The van der Waals surface area contributed by atoms with Crippen molar-refractivity contribution < 1.29 is 8.78 Å². The first kappa shape index (κ1) is 24.1. The van der Waals surface area contributed by atoms with E-state index in [1.54, 1.807) is 4.90 Å². The predicted octanol–water partition coefficient (Wildman–Crippen LogP) is 3.45. The lowest BCUT2D eigenvalue weighted by Crippen LogP contribution is -2.45. The third-order valence-corrected chi connectivity index (χ3v) is 5.54. The van der Waals surface area contributed by atoms with Crippen molar-refractivity contribution in [3.05, 3.63) is 29.8 Å². The molecule has 2 aliphatic heterocycles. The smallest absolute Gasteiger partial charge is 0.191 e. The van der Waals surface area contributed by atoms with Crippen molar-refractivity contribution in [3.8, 4) is 0 Å². The van der Waals surface area contributed by atoms with Crippen molar-refractivity contribution in [1.29, 1.82) is 0 Å². The van der Waals surface area contributed by atoms with Crippen LogP contribution in [0.5, 0.6) is 0 Å². The van der Waals surface area contributed by atoms with E-state index in [1.165, 1.54) is 44.1 Å². The lowest BCUT2D eigenvalue weighted by Gasteiger charge is -2.21. The molecule has 2 heterocycles. The van der Waals surface area contributed by atoms with Gasteiger partial charge in [-0.05, 0) is 57.3 Å². The maximum absolute atomic E-state index is 14.1. The molecular formula is C21H34F2IN5. The number of guanidine groups is 1. The summed E-state index contributed by atoms with van der Waals surface area (Å²) in [6, 6.07) is 4.15. The van der Waals surface area contributed by atoms with Gasteiger partial charge in [-0.15, -0.1) is 24.0 Å². The number of aliphatic imine (C=N–C) groups is 1. The molecule has 0 aromatic heterocycles. The fourth-order valence-electron chi connectivity index (χ4n) is 4.19. The third kappa shape index (κ3) is 6.67. The predicted molar refractivity (Wildman–Crippen MR) is 126 cm³/mol. The minimum atomic E-state index is -0.501. The molecule has 0 amide bonds. The minimum absolute atomic E-state index is 0. The van der Waals surface area contributed by atoms with Gasteiger partial charge in [-0.25, -0.2) is 8.78 Å². The fraction of sp³-hybridized carbons (Fsp3) is 0.667. The molecule has 2 atom stereocenters. The molecule has 2 aliphatic rings. The van der Waals surface area contributed by atoms with Crippen LogP contribution in [-0.4, -0.2) is 62.7 Å². The number of nitrogens with one attached hydrogen (secondary N) is 2. The second-order valence-corrected chi connectivity index (χ2v) is 7.82. The molecule has 1 aromatic rings. The molecule has 0 radical (unpaired) electrons. The third-order valence-electron chi connectivity index (χ3n) is 5.54. The van der Waals surface area contributed by atoms with E-state index in [1.807, 2.05) is 6.92 Å². The first-order valence-electron chi connectivity index (χ1n) is 10.6. The molecule has 2 fully saturated rings. The molecule has 164 valence electrons. The van der Waals surface area contributed by atoms with Crippen molar-refractivity contribution >= 4 is 35.6 Å². The quantitative estimate of drug-likeness (QED) is 0.328. The Labute approximate surface area is 190 Å². The standard InChI is InChI=1S/C21H33F2N5.HI/c1-3-10-27-11-8-16(14-27)13-25-21(24-4-2)26-17-9-12-28(15-17)20-18(22)6-5-7-19(20)23;/h5-7,16-17H,3-4,8-15H2,1-2H3,(H2,24,25,26);1H. The highest BCUT2D eigenvalue weighted by Gasteiger charge is 2.27. The van der Waals surface area contributed by atoms with Crippen molar-refractivity contribution in [2.75, 3.05) is 50.7 Å². The van der Waals surface area contributed by atoms with E-state index in [0.717, 1.165) is 32.0 Å². The normalized spacial score (nSPS) is 22.6. The van der Waals surface area contributed by atoms with Crippen LogP contribution in [0.15, 0.2) is 23.2 Å². The molecule has 0 aliphatic carbocycles. The van der Waals surface area contributed by atoms with Crippen molar-refractivity contribution in [3.63, 3.8) is 0 Å². The molecule has 1 aromatic carbocycles. The molecular weight excluding hydrogens is 487 g/mol. The number of likely N-dealkylation sites (tertiary alicyclic amines) is 1. The number of nitrogens with zero attached hydrogens (tertiary/aromatic N) is 3. The summed E-state index contributed by atoms with van der Waals surface area (Å²) < 4.78 is 28.1. The highest BCUT2D eigenvalue weighted by molar-refractivity contribution is 14.0. The fourth-order valence-corrected chi connectivity index (χ4v) is 4.19. The Hall–Kier alpha value is -1.16. The Morgan fingerprint density at radius 3 is 2.59 bits per heavy atom. The maximum Gasteiger partial charge on any atom is 0.191 e. The topological polar surface area (TPSA) is 42.9 Å². The lowest BCUT2D eigenvalue weighted by atomic mass is 10.1. The van der Waals surface area contributed by atoms with Crippen LogP contribution < -0.4 is 15.5 Å². The Morgan fingerprint density at radius 2 is 1.90 bits per heavy atom. The van der Waals surface area contributed by atoms with Crippen LogP contribution >= 0.6 is 24.0 Å². The lowest BCUT2D eigenvalue weighted by molar-refractivity contribution is 0.326. The summed E-state index contributed by atoms with van der Waals surface area (Å²) in [5.41, 5.74) is 0.0794. The van der Waals surface area contributed by atoms with Gasteiger partial charge in [0.05, 0.1) is 0 Å². The molecule has 3 rings (SSSR count). The maximum atomic E-state index is 14.1. The number of hydrogen-bond acceptors (Lipinski definition) is 3. The minimum Gasteiger partial charge on any atom is -0.365 e. The van der Waals surface area contributed by atoms with Gasteiger partial charge in [0, 0.05) is 38.8 Å². The van der Waals surface area contributed by atoms with Gasteiger partial charge in [0.15, 0.2) is 5.96 Å². The van der Waals surface area contributed by atoms with Crippen molar-refractivity contribution in [1.82, 2.24) is 15.5 Å². The molecule has 0 saturated carbocycles. The second kappa shape index (κ2) is 11.9. The van der Waals surface area contributed by atoms with Crippen molar-refractivity contribution in [2.24, 2.45) is 10.9 Å². The van der Waals surface area contributed by atoms with E-state index in [-0.39, 0.29) is 35.7 Å². The monoisotopic (exact) mass is 521 g/mol. The summed E-state index contributed by atoms with van der Waals surface area (Å²) in [5.74, 6) is 0.407. The molecule has 0 bridgehead atoms. The summed E-state index contributed by atoms with van der Waals surface area (Å²) in [6.07, 6.45) is 3.22. The van der Waals surface area contributed by atoms with E-state index >= 15 is 0 Å². The Balaban J connectivity index is 0.00000300. The van der Waals surface area contributed by atoms with Crippen LogP contribution in [0.25, 0.3) is 0 Å². The first-order valence-corrected chi connectivity index (χ1v) is 10.6. The number of benzene rings is 1. The van der Waals surface area contributed by atoms with Crippen LogP contribution in [0.1, 0.15) is 33.1 Å². The second-order valence-electron chi connectivity index (χ2n) is 7.82. The summed E-state index contributed by atoms with van der Waals surface area (Å²) >= 11 is 0. The summed E-state index contributed by atoms with van der Waals surface area (Å²) in [7, 11) is 0. The average Bonchev–Trinajstić information content (AvgIpc) is 3.30. The largest absolute Gasteiger partial charge is 0.365 e. The molecule has 0 spiro atoms. The van der Waals surface area contributed by atoms with Gasteiger partial charge in [-0.1, -0.05) is 13.0 Å². The number of hydrogen-bond donors (Lipinski definition) is 2. The Kier molecular flexibility index (Phi) is 9.88. The molecule has 5 nitrogen and oxygen atoms in total. The summed E-state index contributed by atoms with van der Waals surface area (Å²) in [5, 5.41) is 6.76. The van der Waals surface area contributed by atoms with Crippen LogP contribution in [0.3, 0.4) is 0 Å². The van der Waals surface area contributed by atoms with Gasteiger partial charge in [0.1, 0.15) is 17.3 Å². The van der Waals surface area contributed by atoms with Crippen LogP contribution in [-0.2, 0) is 0 Å². The first-order chi connectivity index (χ1) is 13.6. The number of para-hydroxylation sites is 1. The zero-order valence-corrected chi connectivity index (χ0v) is 19.8. The molecule has 2 saturated heterocycles. The Bertz CT molecular complexity index is 652. The van der Waals surface area contributed by atoms with Gasteiger partial charge in [-0.3, -0.25) is 4.99 Å². The highest BCUT2D eigenvalue weighted by Crippen LogP contribution is 2.26. The van der Waals surface area contributed by atoms with Gasteiger partial charge in [0.25, 0.3) is 0 Å². The summed E-state index contributed by atoms with van der Waals surface area (Å²) in [4.78, 5) is 9.08. The Morgan fingerprint density at radius 1 is 1.14 bits per heavy atom. The van der Waals surface area contributed by atoms with E-state index in [9.17, 15) is 8.78 Å². The van der Waals surface area contributed by atoms with E-state index in [0.29, 0.717) is 19.0 Å². The van der Waals surface area contributed by atoms with Gasteiger partial charge < -0.3 is 20.4 Å². The van der Waals surface area contributed by atoms with Crippen LogP contribution in [0, 0.1) is 17.6 Å². The van der Waals surface area contributed by atoms with Crippen LogP contribution in [0.2, 0.25) is 0 Å². The number of anilines is 1. The van der Waals surface area contributed by atoms with E-state index < -0.39 is 11.6 Å². The zero-order valence-electron chi connectivity index (χ0n) is 17.5. The van der Waals surface area contributed by atoms with Gasteiger partial charge in [-0.2, -0.15) is 0 Å². The zero-order chi connectivity index (χ0) is 19.9. The molecule has 2 unspecified atom stereocenters. The van der Waals surface area contributed by atoms with Crippen LogP contribution in [0.4, 0.5) is 14.5 Å². The summed E-state index contributed by atoms with van der Waals surface area (Å²) in [6.45, 7) is 10.5. The number of halogens is 3. The van der Waals surface area contributed by atoms with Gasteiger partial charge in [0.2, 0.25) is 0 Å². The average molecular weight is 521 g/mol. The number of rotatable bonds is 7. The SMILES string of the molecule is CCCN1CCC(CN=C(NCC)NC2CCN(c3c(F)cccc3F)C2)C1.I.